The molecule has 1 heterocycles. The molecule has 0 unspecified atom stereocenters. The Kier molecular flexibility index (Phi) is 4.12. The number of rotatable bonds is 3. The van der Waals surface area contributed by atoms with Gasteiger partial charge in [-0.3, -0.25) is 0 Å². The lowest BCUT2D eigenvalue weighted by molar-refractivity contribution is 0.195. The monoisotopic (exact) mass is 297 g/mol. The first-order valence-electron chi connectivity index (χ1n) is 6.91. The van der Waals surface area contributed by atoms with E-state index in [1.807, 2.05) is 13.0 Å². The van der Waals surface area contributed by atoms with Gasteiger partial charge in [0, 0.05) is 13.1 Å². The molecule has 0 amide bonds. The lowest BCUT2D eigenvalue weighted by Gasteiger charge is -2.36. The molecule has 0 spiro atoms. The quantitative estimate of drug-likeness (QED) is 0.862. The van der Waals surface area contributed by atoms with E-state index in [1.54, 1.807) is 16.4 Å². The molecule has 1 aliphatic heterocycles. The molecule has 0 N–H and O–H groups in total. The molecule has 1 aromatic rings. The van der Waals surface area contributed by atoms with Gasteiger partial charge in [0.1, 0.15) is 10.6 Å². The van der Waals surface area contributed by atoms with E-state index < -0.39 is 10.0 Å². The number of nitrogens with zero attached hydrogens (tertiary/aromatic N) is 1. The maximum absolute atomic E-state index is 12.8. The average molecular weight is 297 g/mol. The molecule has 20 heavy (non-hydrogen) atoms. The molecule has 112 valence electrons. The Balaban J connectivity index is 2.34. The number of aryl methyl sites for hydroxylation is 1. The Hall–Kier alpha value is -1.07. The van der Waals surface area contributed by atoms with Gasteiger partial charge in [0.25, 0.3) is 0 Å². The van der Waals surface area contributed by atoms with Crippen LogP contribution < -0.4 is 4.74 Å². The topological polar surface area (TPSA) is 46.6 Å². The summed E-state index contributed by atoms with van der Waals surface area (Å²) in [6.45, 7) is 7.41. The minimum absolute atomic E-state index is 0.225. The first kappa shape index (κ1) is 15.3. The zero-order chi connectivity index (χ0) is 15.0. The van der Waals surface area contributed by atoms with Crippen LogP contribution in [0.3, 0.4) is 0 Å². The Labute approximate surface area is 121 Å². The highest BCUT2D eigenvalue weighted by Gasteiger charge is 2.34. The van der Waals surface area contributed by atoms with Crippen LogP contribution in [0.15, 0.2) is 23.1 Å². The third kappa shape index (κ3) is 2.99. The van der Waals surface area contributed by atoms with Gasteiger partial charge in [0.15, 0.2) is 0 Å². The van der Waals surface area contributed by atoms with Crippen molar-refractivity contribution >= 4 is 10.0 Å². The SMILES string of the molecule is COc1ccc(C)cc1S(=O)(=O)N1CCC(C)(C)CC1. The fourth-order valence-corrected chi connectivity index (χ4v) is 4.14. The van der Waals surface area contributed by atoms with Crippen molar-refractivity contribution < 1.29 is 13.2 Å². The molecule has 0 aromatic heterocycles. The lowest BCUT2D eigenvalue weighted by atomic mass is 9.83. The molecule has 2 rings (SSSR count). The molecule has 1 fully saturated rings. The van der Waals surface area contributed by atoms with Crippen molar-refractivity contribution in [3.63, 3.8) is 0 Å². The van der Waals surface area contributed by atoms with E-state index in [2.05, 4.69) is 13.8 Å². The van der Waals surface area contributed by atoms with Gasteiger partial charge in [-0.05, 0) is 42.9 Å². The molecule has 4 nitrogen and oxygen atoms in total. The molecule has 5 heteroatoms. The minimum atomic E-state index is -3.47. The van der Waals surface area contributed by atoms with Gasteiger partial charge >= 0.3 is 0 Å². The summed E-state index contributed by atoms with van der Waals surface area (Å²) in [7, 11) is -1.97. The van der Waals surface area contributed by atoms with E-state index >= 15 is 0 Å². The first-order chi connectivity index (χ1) is 9.26. The lowest BCUT2D eigenvalue weighted by Crippen LogP contribution is -2.41. The van der Waals surface area contributed by atoms with Crippen molar-refractivity contribution in [1.29, 1.82) is 0 Å². The Bertz CT molecular complexity index is 583. The van der Waals surface area contributed by atoms with Crippen molar-refractivity contribution in [2.24, 2.45) is 5.41 Å². The van der Waals surface area contributed by atoms with Gasteiger partial charge in [0.2, 0.25) is 10.0 Å². The van der Waals surface area contributed by atoms with E-state index in [9.17, 15) is 8.42 Å². The van der Waals surface area contributed by atoms with Crippen LogP contribution >= 0.6 is 0 Å². The fourth-order valence-electron chi connectivity index (χ4n) is 2.46. The normalized spacial score (nSPS) is 19.8. The second-order valence-electron chi connectivity index (χ2n) is 6.22. The highest BCUT2D eigenvalue weighted by Crippen LogP contribution is 2.34. The maximum Gasteiger partial charge on any atom is 0.246 e. The van der Waals surface area contributed by atoms with Crippen molar-refractivity contribution in [2.75, 3.05) is 20.2 Å². The zero-order valence-corrected chi connectivity index (χ0v) is 13.5. The number of piperidine rings is 1. The predicted octanol–water partition coefficient (Wildman–Crippen LogP) is 2.81. The van der Waals surface area contributed by atoms with Crippen LogP contribution in [0.5, 0.6) is 5.75 Å². The highest BCUT2D eigenvalue weighted by molar-refractivity contribution is 7.89. The van der Waals surface area contributed by atoms with Crippen LogP contribution in [0.25, 0.3) is 0 Å². The third-order valence-corrected chi connectivity index (χ3v) is 5.93. The van der Waals surface area contributed by atoms with Crippen molar-refractivity contribution in [3.05, 3.63) is 23.8 Å². The molecule has 0 radical (unpaired) electrons. The summed E-state index contributed by atoms with van der Waals surface area (Å²) in [5, 5.41) is 0. The second kappa shape index (κ2) is 5.37. The number of hydrogen-bond donors (Lipinski definition) is 0. The Morgan fingerprint density at radius 1 is 1.20 bits per heavy atom. The van der Waals surface area contributed by atoms with Crippen molar-refractivity contribution in [1.82, 2.24) is 4.31 Å². The third-order valence-electron chi connectivity index (χ3n) is 4.01. The number of sulfonamides is 1. The highest BCUT2D eigenvalue weighted by atomic mass is 32.2. The minimum Gasteiger partial charge on any atom is -0.495 e. The number of benzene rings is 1. The summed E-state index contributed by atoms with van der Waals surface area (Å²) in [6.07, 6.45) is 1.78. The Morgan fingerprint density at radius 3 is 2.35 bits per heavy atom. The van der Waals surface area contributed by atoms with Gasteiger partial charge in [-0.15, -0.1) is 0 Å². The molecular formula is C15H23NO3S. The van der Waals surface area contributed by atoms with Crippen LogP contribution in [0.1, 0.15) is 32.3 Å². The first-order valence-corrected chi connectivity index (χ1v) is 8.35. The molecule has 1 aromatic carbocycles. The van der Waals surface area contributed by atoms with Gasteiger partial charge in [-0.1, -0.05) is 19.9 Å². The predicted molar refractivity (Wildman–Crippen MR) is 79.5 cm³/mol. The molecule has 0 atom stereocenters. The summed E-state index contributed by atoms with van der Waals surface area (Å²) in [4.78, 5) is 0.278. The summed E-state index contributed by atoms with van der Waals surface area (Å²) < 4.78 is 32.3. The van der Waals surface area contributed by atoms with Gasteiger partial charge in [0.05, 0.1) is 7.11 Å². The fraction of sp³-hybridized carbons (Fsp3) is 0.600. The van der Waals surface area contributed by atoms with E-state index in [0.29, 0.717) is 18.8 Å². The largest absolute Gasteiger partial charge is 0.495 e. The van der Waals surface area contributed by atoms with E-state index in [0.717, 1.165) is 18.4 Å². The molecule has 0 aliphatic carbocycles. The number of methoxy groups -OCH3 is 1. The Morgan fingerprint density at radius 2 is 1.80 bits per heavy atom. The van der Waals surface area contributed by atoms with E-state index in [-0.39, 0.29) is 10.3 Å². The zero-order valence-electron chi connectivity index (χ0n) is 12.6. The van der Waals surface area contributed by atoms with Gasteiger partial charge in [-0.25, -0.2) is 8.42 Å². The molecule has 1 saturated heterocycles. The standard InChI is InChI=1S/C15H23NO3S/c1-12-5-6-13(19-4)14(11-12)20(17,18)16-9-7-15(2,3)8-10-16/h5-6,11H,7-10H2,1-4H3. The van der Waals surface area contributed by atoms with Crippen LogP contribution in [0, 0.1) is 12.3 Å². The maximum atomic E-state index is 12.8. The van der Waals surface area contributed by atoms with E-state index in [4.69, 9.17) is 4.74 Å². The number of ether oxygens (including phenoxy) is 1. The van der Waals surface area contributed by atoms with Crippen LogP contribution in [-0.2, 0) is 10.0 Å². The average Bonchev–Trinajstić information content (AvgIpc) is 2.38. The smallest absolute Gasteiger partial charge is 0.246 e. The van der Waals surface area contributed by atoms with Crippen molar-refractivity contribution in [3.8, 4) is 5.75 Å². The summed E-state index contributed by atoms with van der Waals surface area (Å²) >= 11 is 0. The molecule has 1 aliphatic rings. The van der Waals surface area contributed by atoms with Crippen LogP contribution in [-0.4, -0.2) is 32.9 Å². The van der Waals surface area contributed by atoms with Gasteiger partial charge < -0.3 is 4.74 Å². The van der Waals surface area contributed by atoms with Crippen molar-refractivity contribution in [2.45, 2.75) is 38.5 Å². The van der Waals surface area contributed by atoms with Crippen LogP contribution in [0.4, 0.5) is 0 Å². The van der Waals surface area contributed by atoms with Crippen LogP contribution in [0.2, 0.25) is 0 Å². The second-order valence-corrected chi connectivity index (χ2v) is 8.13. The molecule has 0 saturated carbocycles. The summed E-state index contributed by atoms with van der Waals surface area (Å²) in [5.41, 5.74) is 1.14. The van der Waals surface area contributed by atoms with Gasteiger partial charge in [-0.2, -0.15) is 4.31 Å². The molecule has 0 bridgehead atoms. The van der Waals surface area contributed by atoms with E-state index in [1.165, 1.54) is 7.11 Å². The summed E-state index contributed by atoms with van der Waals surface area (Å²) in [6, 6.07) is 5.27. The summed E-state index contributed by atoms with van der Waals surface area (Å²) in [5.74, 6) is 0.417. The number of hydrogen-bond acceptors (Lipinski definition) is 3. The molecular weight excluding hydrogens is 274 g/mol.